The molecule has 7 nitrogen and oxygen atoms in total. The first-order valence-electron chi connectivity index (χ1n) is 5.15. The molecule has 0 atom stereocenters. The van der Waals surface area contributed by atoms with Crippen LogP contribution >= 0.6 is 0 Å². The Kier molecular flexibility index (Phi) is 3.05. The van der Waals surface area contributed by atoms with E-state index in [1.165, 1.54) is 7.05 Å². The Morgan fingerprint density at radius 2 is 2.00 bits per heavy atom. The molecule has 0 aliphatic rings. The van der Waals surface area contributed by atoms with Crippen LogP contribution in [0.25, 0.3) is 5.69 Å². The number of aromatic nitrogens is 2. The maximum atomic E-state index is 12.1. The highest BCUT2D eigenvalue weighted by molar-refractivity contribution is 5.58. The molecular weight excluding hydrogens is 236 g/mol. The molecule has 0 saturated heterocycles. The number of nitro groups is 1. The van der Waals surface area contributed by atoms with Crippen LogP contribution in [0.15, 0.2) is 41.3 Å². The molecule has 0 fully saturated rings. The average Bonchev–Trinajstić information content (AvgIpc) is 2.39. The van der Waals surface area contributed by atoms with Crippen molar-refractivity contribution in [2.24, 2.45) is 0 Å². The van der Waals surface area contributed by atoms with Crippen LogP contribution in [0.4, 0.5) is 11.4 Å². The maximum absolute atomic E-state index is 12.1. The Bertz CT molecular complexity index is 636. The van der Waals surface area contributed by atoms with Gasteiger partial charge in [-0.15, -0.1) is 0 Å². The van der Waals surface area contributed by atoms with Crippen molar-refractivity contribution in [3.05, 3.63) is 57.0 Å². The Balaban J connectivity index is 2.67. The Hall–Kier alpha value is -2.70. The molecule has 0 aliphatic carbocycles. The van der Waals surface area contributed by atoms with E-state index in [0.29, 0.717) is 5.69 Å². The SMILES string of the molecule is CNc1c([N+](=O)[O-])cnn(-c2ccccc2)c1=O. The summed E-state index contributed by atoms with van der Waals surface area (Å²) in [7, 11) is 1.46. The fraction of sp³-hybridized carbons (Fsp3) is 0.0909. The summed E-state index contributed by atoms with van der Waals surface area (Å²) in [4.78, 5) is 22.2. The van der Waals surface area contributed by atoms with Crippen molar-refractivity contribution in [1.29, 1.82) is 0 Å². The highest BCUT2D eigenvalue weighted by atomic mass is 16.6. The Morgan fingerprint density at radius 1 is 1.33 bits per heavy atom. The fourth-order valence-corrected chi connectivity index (χ4v) is 1.57. The normalized spacial score (nSPS) is 10.1. The number of nitrogens with zero attached hydrogens (tertiary/aromatic N) is 3. The molecule has 0 aliphatic heterocycles. The second-order valence-electron chi connectivity index (χ2n) is 3.46. The topological polar surface area (TPSA) is 90.1 Å². The number of anilines is 1. The summed E-state index contributed by atoms with van der Waals surface area (Å²) in [5, 5.41) is 17.1. The highest BCUT2D eigenvalue weighted by Gasteiger charge is 2.19. The second kappa shape index (κ2) is 4.66. The molecule has 0 spiro atoms. The fourth-order valence-electron chi connectivity index (χ4n) is 1.57. The van der Waals surface area contributed by atoms with Gasteiger partial charge in [0.15, 0.2) is 5.69 Å². The zero-order chi connectivity index (χ0) is 13.1. The number of hydrogen-bond acceptors (Lipinski definition) is 5. The number of rotatable bonds is 3. The van der Waals surface area contributed by atoms with E-state index in [-0.39, 0.29) is 11.4 Å². The molecule has 1 aromatic carbocycles. The van der Waals surface area contributed by atoms with Crippen molar-refractivity contribution in [3.63, 3.8) is 0 Å². The molecule has 0 unspecified atom stereocenters. The average molecular weight is 246 g/mol. The molecule has 18 heavy (non-hydrogen) atoms. The van der Waals surface area contributed by atoms with Crippen LogP contribution in [0.3, 0.4) is 0 Å². The van der Waals surface area contributed by atoms with Crippen molar-refractivity contribution in [3.8, 4) is 5.69 Å². The molecule has 1 N–H and O–H groups in total. The number of hydrogen-bond donors (Lipinski definition) is 1. The summed E-state index contributed by atoms with van der Waals surface area (Å²) in [6, 6.07) is 8.70. The van der Waals surface area contributed by atoms with Gasteiger partial charge in [0.1, 0.15) is 6.20 Å². The minimum Gasteiger partial charge on any atom is -0.378 e. The molecule has 0 bridgehead atoms. The lowest BCUT2D eigenvalue weighted by molar-refractivity contribution is -0.384. The van der Waals surface area contributed by atoms with Gasteiger partial charge in [-0.05, 0) is 12.1 Å². The largest absolute Gasteiger partial charge is 0.378 e. The summed E-state index contributed by atoms with van der Waals surface area (Å²) in [6.45, 7) is 0. The predicted octanol–water partition coefficient (Wildman–Crippen LogP) is 1.18. The quantitative estimate of drug-likeness (QED) is 0.648. The lowest BCUT2D eigenvalue weighted by atomic mass is 10.3. The molecule has 1 aromatic heterocycles. The van der Waals surface area contributed by atoms with E-state index in [9.17, 15) is 14.9 Å². The van der Waals surface area contributed by atoms with Crippen molar-refractivity contribution in [2.75, 3.05) is 12.4 Å². The van der Waals surface area contributed by atoms with Gasteiger partial charge in [0, 0.05) is 7.05 Å². The predicted molar refractivity (Wildman–Crippen MR) is 66.0 cm³/mol. The van der Waals surface area contributed by atoms with Crippen LogP contribution in [0, 0.1) is 10.1 Å². The van der Waals surface area contributed by atoms with E-state index in [1.807, 2.05) is 0 Å². The summed E-state index contributed by atoms with van der Waals surface area (Å²) >= 11 is 0. The zero-order valence-corrected chi connectivity index (χ0v) is 9.53. The van der Waals surface area contributed by atoms with E-state index < -0.39 is 10.5 Å². The summed E-state index contributed by atoms with van der Waals surface area (Å²) < 4.78 is 1.11. The first kappa shape index (κ1) is 11.8. The van der Waals surface area contributed by atoms with Crippen molar-refractivity contribution in [1.82, 2.24) is 9.78 Å². The van der Waals surface area contributed by atoms with Crippen molar-refractivity contribution < 1.29 is 4.92 Å². The van der Waals surface area contributed by atoms with Gasteiger partial charge in [-0.1, -0.05) is 18.2 Å². The summed E-state index contributed by atoms with van der Waals surface area (Å²) in [5.41, 5.74) is -0.430. The van der Waals surface area contributed by atoms with E-state index in [1.54, 1.807) is 30.3 Å². The van der Waals surface area contributed by atoms with Gasteiger partial charge < -0.3 is 5.32 Å². The number of nitrogens with one attached hydrogen (secondary N) is 1. The van der Waals surface area contributed by atoms with E-state index in [0.717, 1.165) is 10.9 Å². The number of benzene rings is 1. The highest BCUT2D eigenvalue weighted by Crippen LogP contribution is 2.18. The number of para-hydroxylation sites is 1. The smallest absolute Gasteiger partial charge is 0.317 e. The molecule has 1 heterocycles. The van der Waals surface area contributed by atoms with Crippen LogP contribution in [0.1, 0.15) is 0 Å². The maximum Gasteiger partial charge on any atom is 0.317 e. The summed E-state index contributed by atoms with van der Waals surface area (Å²) in [5.74, 6) is 0. The van der Waals surface area contributed by atoms with Gasteiger partial charge in [0.2, 0.25) is 0 Å². The van der Waals surface area contributed by atoms with Crippen molar-refractivity contribution >= 4 is 11.4 Å². The third-order valence-corrected chi connectivity index (χ3v) is 2.41. The standard InChI is InChI=1S/C11H10N4O3/c1-12-10-9(15(17)18)7-13-14(11(10)16)8-5-3-2-4-6-8/h2-7,12H,1H3. The lowest BCUT2D eigenvalue weighted by Crippen LogP contribution is -2.24. The minimum absolute atomic E-state index is 0.0844. The molecule has 0 radical (unpaired) electrons. The molecule has 0 amide bonds. The molecule has 2 rings (SSSR count). The van der Waals surface area contributed by atoms with Crippen molar-refractivity contribution in [2.45, 2.75) is 0 Å². The van der Waals surface area contributed by atoms with Crippen LogP contribution < -0.4 is 10.9 Å². The van der Waals surface area contributed by atoms with E-state index in [4.69, 9.17) is 0 Å². The first-order chi connectivity index (χ1) is 8.65. The molecule has 7 heteroatoms. The molecule has 2 aromatic rings. The minimum atomic E-state index is -0.643. The molecule has 0 saturated carbocycles. The third kappa shape index (κ3) is 1.93. The first-order valence-corrected chi connectivity index (χ1v) is 5.15. The van der Waals surface area contributed by atoms with Gasteiger partial charge in [-0.2, -0.15) is 9.78 Å². The van der Waals surface area contributed by atoms with Crippen LogP contribution in [-0.4, -0.2) is 21.8 Å². The monoisotopic (exact) mass is 246 g/mol. The van der Waals surface area contributed by atoms with Gasteiger partial charge in [0.05, 0.1) is 10.6 Å². The van der Waals surface area contributed by atoms with Gasteiger partial charge in [-0.3, -0.25) is 14.9 Å². The van der Waals surface area contributed by atoms with Crippen LogP contribution in [0.2, 0.25) is 0 Å². The van der Waals surface area contributed by atoms with Crippen LogP contribution in [0.5, 0.6) is 0 Å². The van der Waals surface area contributed by atoms with Gasteiger partial charge >= 0.3 is 11.2 Å². The van der Waals surface area contributed by atoms with Gasteiger partial charge in [0.25, 0.3) is 0 Å². The van der Waals surface area contributed by atoms with Crippen LogP contribution in [-0.2, 0) is 0 Å². The molecular formula is C11H10N4O3. The van der Waals surface area contributed by atoms with Gasteiger partial charge in [-0.25, -0.2) is 0 Å². The lowest BCUT2D eigenvalue weighted by Gasteiger charge is -2.06. The Morgan fingerprint density at radius 3 is 2.56 bits per heavy atom. The van der Waals surface area contributed by atoms with E-state index >= 15 is 0 Å². The second-order valence-corrected chi connectivity index (χ2v) is 3.46. The summed E-state index contributed by atoms with van der Waals surface area (Å²) in [6.07, 6.45) is 1.06. The zero-order valence-electron chi connectivity index (χ0n) is 9.53. The molecule has 92 valence electrons. The van der Waals surface area contributed by atoms with E-state index in [2.05, 4.69) is 10.4 Å². The Labute approximate surface area is 102 Å². The third-order valence-electron chi connectivity index (χ3n) is 2.41.